The summed E-state index contributed by atoms with van der Waals surface area (Å²) in [6, 6.07) is 1.83. The molecule has 0 aromatic carbocycles. The van der Waals surface area contributed by atoms with E-state index >= 15 is 0 Å². The van der Waals surface area contributed by atoms with Crippen LogP contribution in [0.25, 0.3) is 0 Å². The Balaban J connectivity index is 0. The first kappa shape index (κ1) is 10.6. The molecular weight excluding hydrogens is 114 g/mol. The minimum atomic E-state index is 0.560. The topological polar surface area (TPSA) is 40.9 Å². The molecule has 0 N–H and O–H groups in total. The van der Waals surface area contributed by atoms with E-state index < -0.39 is 0 Å². The van der Waals surface area contributed by atoms with Gasteiger partial charge in [-0.25, -0.2) is 0 Å². The van der Waals surface area contributed by atoms with Crippen molar-refractivity contribution in [2.75, 3.05) is 0 Å². The van der Waals surface area contributed by atoms with Crippen LogP contribution in [0.1, 0.15) is 6.92 Å². The third-order valence-corrected chi connectivity index (χ3v) is 0.287. The Kier molecular flexibility index (Phi) is 11.5. The molecule has 0 aromatic rings. The Morgan fingerprint density at radius 1 is 1.78 bits per heavy atom. The molecule has 0 bridgehead atoms. The van der Waals surface area contributed by atoms with Gasteiger partial charge in [0.05, 0.1) is 6.07 Å². The summed E-state index contributed by atoms with van der Waals surface area (Å²) < 4.78 is 0. The van der Waals surface area contributed by atoms with Crippen LogP contribution in [-0.2, 0) is 4.79 Å². The fourth-order valence-corrected chi connectivity index (χ4v) is 0. The summed E-state index contributed by atoms with van der Waals surface area (Å²) in [6.07, 6.45) is 1.83. The van der Waals surface area contributed by atoms with Gasteiger partial charge >= 0.3 is 0 Å². The highest BCUT2D eigenvalue weighted by Crippen LogP contribution is 1.74. The van der Waals surface area contributed by atoms with Gasteiger partial charge in [-0.2, -0.15) is 5.26 Å². The first-order chi connectivity index (χ1) is 4.18. The Labute approximate surface area is 55.1 Å². The monoisotopic (exact) mass is 123 g/mol. The van der Waals surface area contributed by atoms with Gasteiger partial charge in [-0.1, -0.05) is 13.2 Å². The van der Waals surface area contributed by atoms with Crippen molar-refractivity contribution in [1.29, 1.82) is 5.26 Å². The molecule has 0 aliphatic heterocycles. The van der Waals surface area contributed by atoms with E-state index in [-0.39, 0.29) is 0 Å². The third-order valence-electron chi connectivity index (χ3n) is 0.287. The molecule has 0 spiro atoms. The number of hydrogen-bond donors (Lipinski definition) is 0. The molecule has 0 rings (SSSR count). The summed E-state index contributed by atoms with van der Waals surface area (Å²) in [6.45, 7) is 8.09. The number of nitriles is 1. The molecule has 0 unspecified atom stereocenters. The number of aldehydes is 1. The molecule has 9 heavy (non-hydrogen) atoms. The van der Waals surface area contributed by atoms with Crippen LogP contribution in [0.4, 0.5) is 0 Å². The average molecular weight is 123 g/mol. The van der Waals surface area contributed by atoms with E-state index in [1.54, 1.807) is 6.92 Å². The van der Waals surface area contributed by atoms with Crippen LogP contribution >= 0.6 is 0 Å². The van der Waals surface area contributed by atoms with E-state index in [0.29, 0.717) is 11.9 Å². The Morgan fingerprint density at radius 3 is 2.00 bits per heavy atom. The van der Waals surface area contributed by atoms with Crippen molar-refractivity contribution in [2.45, 2.75) is 6.92 Å². The lowest BCUT2D eigenvalue weighted by molar-refractivity contribution is -0.104. The van der Waals surface area contributed by atoms with E-state index in [2.05, 4.69) is 13.2 Å². The van der Waals surface area contributed by atoms with Gasteiger partial charge in [-0.15, -0.1) is 0 Å². The lowest BCUT2D eigenvalue weighted by Gasteiger charge is -1.61. The fraction of sp³-hybridized carbons (Fsp3) is 0.143. The Bertz CT molecular complexity index is 135. The highest BCUT2D eigenvalue weighted by atomic mass is 16.1. The quantitative estimate of drug-likeness (QED) is 0.301. The first-order valence-corrected chi connectivity index (χ1v) is 2.30. The summed E-state index contributed by atoms with van der Waals surface area (Å²) >= 11 is 0. The molecule has 0 atom stereocenters. The highest BCUT2D eigenvalue weighted by Gasteiger charge is 1.64. The molecule has 0 amide bonds. The molecule has 48 valence electrons. The average Bonchev–Trinajstić information content (AvgIpc) is 1.89. The van der Waals surface area contributed by atoms with Gasteiger partial charge in [0.25, 0.3) is 0 Å². The molecule has 0 aromatic heterocycles. The van der Waals surface area contributed by atoms with Crippen LogP contribution < -0.4 is 0 Å². The zero-order valence-electron chi connectivity index (χ0n) is 5.42. The summed E-state index contributed by atoms with van der Waals surface area (Å²) in [5.41, 5.74) is 0.560. The van der Waals surface area contributed by atoms with Crippen molar-refractivity contribution in [2.24, 2.45) is 0 Å². The lowest BCUT2D eigenvalue weighted by atomic mass is 10.4. The Morgan fingerprint density at radius 2 is 2.00 bits per heavy atom. The second kappa shape index (κ2) is 9.81. The zero-order chi connectivity index (χ0) is 7.70. The molecule has 2 nitrogen and oxygen atoms in total. The van der Waals surface area contributed by atoms with Crippen LogP contribution in [0.15, 0.2) is 24.8 Å². The molecule has 2 heteroatoms. The SMILES string of the molecule is C=C(C)C#N.C=CC=O. The minimum absolute atomic E-state index is 0.560. The third kappa shape index (κ3) is 53.2. The molecular formula is C7H9NO. The second-order valence-electron chi connectivity index (χ2n) is 1.26. The molecule has 0 heterocycles. The van der Waals surface area contributed by atoms with Crippen molar-refractivity contribution in [1.82, 2.24) is 0 Å². The van der Waals surface area contributed by atoms with Crippen molar-refractivity contribution < 1.29 is 4.79 Å². The molecule has 0 saturated heterocycles. The molecule has 0 aliphatic rings. The summed E-state index contributed by atoms with van der Waals surface area (Å²) in [5, 5.41) is 7.79. The van der Waals surface area contributed by atoms with Crippen LogP contribution in [-0.4, -0.2) is 6.29 Å². The number of carbonyl (C=O) groups excluding carboxylic acids is 1. The maximum Gasteiger partial charge on any atom is 0.142 e. The maximum absolute atomic E-state index is 9.06. The number of nitrogens with zero attached hydrogens (tertiary/aromatic N) is 1. The van der Waals surface area contributed by atoms with E-state index in [4.69, 9.17) is 10.1 Å². The van der Waals surface area contributed by atoms with Crippen LogP contribution in [0.3, 0.4) is 0 Å². The summed E-state index contributed by atoms with van der Waals surface area (Å²) in [7, 11) is 0. The predicted octanol–water partition coefficient (Wildman–Crippen LogP) is 1.46. The number of rotatable bonds is 1. The zero-order valence-corrected chi connectivity index (χ0v) is 5.42. The molecule has 0 aliphatic carbocycles. The molecule has 0 radical (unpaired) electrons. The van der Waals surface area contributed by atoms with Gasteiger partial charge in [0.2, 0.25) is 0 Å². The molecule has 0 fully saturated rings. The van der Waals surface area contributed by atoms with Crippen molar-refractivity contribution in [3.63, 3.8) is 0 Å². The first-order valence-electron chi connectivity index (χ1n) is 2.30. The summed E-state index contributed by atoms with van der Waals surface area (Å²) in [4.78, 5) is 9.06. The van der Waals surface area contributed by atoms with E-state index in [0.717, 1.165) is 0 Å². The highest BCUT2D eigenvalue weighted by molar-refractivity contribution is 5.63. The smallest absolute Gasteiger partial charge is 0.142 e. The summed E-state index contributed by atoms with van der Waals surface area (Å²) in [5.74, 6) is 0. The van der Waals surface area contributed by atoms with Crippen molar-refractivity contribution in [3.8, 4) is 6.07 Å². The van der Waals surface area contributed by atoms with Gasteiger partial charge in [-0.3, -0.25) is 4.79 Å². The lowest BCUT2D eigenvalue weighted by Crippen LogP contribution is -1.51. The normalized spacial score (nSPS) is 5.33. The second-order valence-corrected chi connectivity index (χ2v) is 1.26. The van der Waals surface area contributed by atoms with Crippen LogP contribution in [0, 0.1) is 11.3 Å². The Hall–Kier alpha value is -1.36. The van der Waals surface area contributed by atoms with Gasteiger partial charge in [0.1, 0.15) is 6.29 Å². The van der Waals surface area contributed by atoms with Gasteiger partial charge in [-0.05, 0) is 13.0 Å². The van der Waals surface area contributed by atoms with Gasteiger partial charge in [0.15, 0.2) is 0 Å². The van der Waals surface area contributed by atoms with Crippen molar-refractivity contribution in [3.05, 3.63) is 24.8 Å². The van der Waals surface area contributed by atoms with Gasteiger partial charge < -0.3 is 0 Å². The van der Waals surface area contributed by atoms with E-state index in [1.807, 2.05) is 6.07 Å². The predicted molar refractivity (Wildman–Crippen MR) is 36.7 cm³/mol. The molecule has 0 saturated carbocycles. The standard InChI is InChI=1S/C4H5N.C3H4O/c1-4(2)3-5;1-2-3-4/h1H2,2H3;2-3H,1H2. The number of hydrogen-bond acceptors (Lipinski definition) is 2. The van der Waals surface area contributed by atoms with Gasteiger partial charge in [0, 0.05) is 5.57 Å². The van der Waals surface area contributed by atoms with E-state index in [1.165, 1.54) is 6.08 Å². The number of allylic oxidation sites excluding steroid dienone is 2. The minimum Gasteiger partial charge on any atom is -0.299 e. The number of carbonyl (C=O) groups is 1. The van der Waals surface area contributed by atoms with E-state index in [9.17, 15) is 0 Å². The van der Waals surface area contributed by atoms with Crippen molar-refractivity contribution >= 4 is 6.29 Å². The largest absolute Gasteiger partial charge is 0.299 e. The van der Waals surface area contributed by atoms with Crippen LogP contribution in [0.2, 0.25) is 0 Å². The fourth-order valence-electron chi connectivity index (χ4n) is 0. The van der Waals surface area contributed by atoms with Crippen LogP contribution in [0.5, 0.6) is 0 Å². The maximum atomic E-state index is 9.06.